The van der Waals surface area contributed by atoms with Gasteiger partial charge in [0.05, 0.1) is 5.92 Å². The van der Waals surface area contributed by atoms with E-state index in [0.717, 1.165) is 0 Å². The van der Waals surface area contributed by atoms with Crippen LogP contribution in [0.2, 0.25) is 0 Å². The monoisotopic (exact) mass is 292 g/mol. The van der Waals surface area contributed by atoms with Crippen LogP contribution in [0.15, 0.2) is 24.3 Å². The van der Waals surface area contributed by atoms with Gasteiger partial charge in [0.1, 0.15) is 5.82 Å². The summed E-state index contributed by atoms with van der Waals surface area (Å²) in [5.41, 5.74) is 0.106. The number of likely N-dealkylation sites (tertiary alicyclic amines) is 1. The molecule has 2 rings (SSSR count). The molecule has 0 spiro atoms. The van der Waals surface area contributed by atoms with E-state index in [4.69, 9.17) is 0 Å². The molecule has 21 heavy (non-hydrogen) atoms. The molecule has 1 heterocycles. The molecule has 1 aromatic rings. The molecule has 0 saturated carbocycles. The molecule has 1 saturated heterocycles. The maximum Gasteiger partial charge on any atom is 0.226 e. The SMILES string of the molecule is CC(=O)N1CC(C(=O)NCC(C)(C)c2ccccc2F)C1. The van der Waals surface area contributed by atoms with Crippen molar-refractivity contribution in [3.8, 4) is 0 Å². The van der Waals surface area contributed by atoms with Crippen molar-refractivity contribution in [3.05, 3.63) is 35.6 Å². The molecule has 0 aromatic heterocycles. The lowest BCUT2D eigenvalue weighted by Gasteiger charge is -2.38. The summed E-state index contributed by atoms with van der Waals surface area (Å²) >= 11 is 0. The Morgan fingerprint density at radius 3 is 2.52 bits per heavy atom. The molecule has 0 radical (unpaired) electrons. The van der Waals surface area contributed by atoms with Crippen LogP contribution in [0.1, 0.15) is 26.3 Å². The van der Waals surface area contributed by atoms with E-state index < -0.39 is 5.41 Å². The summed E-state index contributed by atoms with van der Waals surface area (Å²) < 4.78 is 13.8. The maximum atomic E-state index is 13.8. The van der Waals surface area contributed by atoms with E-state index >= 15 is 0 Å². The Kier molecular flexibility index (Phi) is 4.30. The highest BCUT2D eigenvalue weighted by molar-refractivity contribution is 5.83. The van der Waals surface area contributed by atoms with Crippen LogP contribution in [0, 0.1) is 11.7 Å². The van der Waals surface area contributed by atoms with Gasteiger partial charge in [-0.15, -0.1) is 0 Å². The van der Waals surface area contributed by atoms with Crippen LogP contribution in [0.3, 0.4) is 0 Å². The zero-order chi connectivity index (χ0) is 15.6. The molecular weight excluding hydrogens is 271 g/mol. The number of carbonyl (C=O) groups excluding carboxylic acids is 2. The minimum atomic E-state index is -0.481. The summed E-state index contributed by atoms with van der Waals surface area (Å²) in [5.74, 6) is -0.490. The molecule has 2 amide bonds. The molecule has 1 fully saturated rings. The van der Waals surface area contributed by atoms with Crippen LogP contribution in [0.25, 0.3) is 0 Å². The van der Waals surface area contributed by atoms with Gasteiger partial charge in [0.2, 0.25) is 11.8 Å². The molecule has 4 nitrogen and oxygen atoms in total. The van der Waals surface area contributed by atoms with E-state index in [1.165, 1.54) is 13.0 Å². The maximum absolute atomic E-state index is 13.8. The molecule has 0 aliphatic carbocycles. The highest BCUT2D eigenvalue weighted by Gasteiger charge is 2.35. The van der Waals surface area contributed by atoms with Crippen molar-refractivity contribution in [2.45, 2.75) is 26.2 Å². The van der Waals surface area contributed by atoms with Gasteiger partial charge in [0, 0.05) is 32.0 Å². The second-order valence-corrected chi connectivity index (χ2v) is 6.20. The third-order valence-electron chi connectivity index (χ3n) is 4.01. The van der Waals surface area contributed by atoms with Crippen molar-refractivity contribution >= 4 is 11.8 Å². The van der Waals surface area contributed by atoms with E-state index in [0.29, 0.717) is 25.2 Å². The highest BCUT2D eigenvalue weighted by atomic mass is 19.1. The van der Waals surface area contributed by atoms with Gasteiger partial charge in [-0.3, -0.25) is 9.59 Å². The fourth-order valence-corrected chi connectivity index (χ4v) is 2.46. The molecule has 114 valence electrons. The predicted molar refractivity (Wildman–Crippen MR) is 78.2 cm³/mol. The minimum absolute atomic E-state index is 0.00858. The van der Waals surface area contributed by atoms with Crippen LogP contribution in [0.5, 0.6) is 0 Å². The van der Waals surface area contributed by atoms with Crippen molar-refractivity contribution in [3.63, 3.8) is 0 Å². The molecule has 1 aliphatic rings. The first-order valence-corrected chi connectivity index (χ1v) is 7.09. The normalized spacial score (nSPS) is 15.5. The van der Waals surface area contributed by atoms with E-state index in [2.05, 4.69) is 5.32 Å². The van der Waals surface area contributed by atoms with E-state index in [1.54, 1.807) is 23.1 Å². The van der Waals surface area contributed by atoms with Crippen LogP contribution < -0.4 is 5.32 Å². The average molecular weight is 292 g/mol. The summed E-state index contributed by atoms with van der Waals surface area (Å²) in [6.45, 7) is 6.60. The summed E-state index contributed by atoms with van der Waals surface area (Å²) in [4.78, 5) is 24.7. The largest absolute Gasteiger partial charge is 0.355 e. The van der Waals surface area contributed by atoms with Crippen molar-refractivity contribution in [1.82, 2.24) is 10.2 Å². The predicted octanol–water partition coefficient (Wildman–Crippen LogP) is 1.70. The minimum Gasteiger partial charge on any atom is -0.355 e. The van der Waals surface area contributed by atoms with Gasteiger partial charge in [-0.2, -0.15) is 0 Å². The second kappa shape index (κ2) is 5.84. The Hall–Kier alpha value is -1.91. The standard InChI is InChI=1S/C16H21FN2O2/c1-11(20)19-8-12(9-19)15(21)18-10-16(2,3)13-6-4-5-7-14(13)17/h4-7,12H,8-10H2,1-3H3,(H,18,21). The Bertz CT molecular complexity index is 551. The molecule has 1 aliphatic heterocycles. The van der Waals surface area contributed by atoms with E-state index in [1.807, 2.05) is 13.8 Å². The summed E-state index contributed by atoms with van der Waals surface area (Å²) in [6, 6.07) is 6.61. The van der Waals surface area contributed by atoms with Crippen molar-refractivity contribution in [1.29, 1.82) is 0 Å². The molecule has 5 heteroatoms. The lowest BCUT2D eigenvalue weighted by Crippen LogP contribution is -2.56. The highest BCUT2D eigenvalue weighted by Crippen LogP contribution is 2.25. The van der Waals surface area contributed by atoms with Gasteiger partial charge in [-0.1, -0.05) is 32.0 Å². The number of rotatable bonds is 4. The fraction of sp³-hybridized carbons (Fsp3) is 0.500. The van der Waals surface area contributed by atoms with Gasteiger partial charge in [0.25, 0.3) is 0 Å². The second-order valence-electron chi connectivity index (χ2n) is 6.20. The van der Waals surface area contributed by atoms with Crippen molar-refractivity contribution in [2.75, 3.05) is 19.6 Å². The number of carbonyl (C=O) groups is 2. The Balaban J connectivity index is 1.89. The number of halogens is 1. The van der Waals surface area contributed by atoms with Gasteiger partial charge >= 0.3 is 0 Å². The number of hydrogen-bond acceptors (Lipinski definition) is 2. The first kappa shape index (κ1) is 15.5. The Morgan fingerprint density at radius 2 is 1.95 bits per heavy atom. The van der Waals surface area contributed by atoms with Gasteiger partial charge < -0.3 is 10.2 Å². The molecule has 0 unspecified atom stereocenters. The zero-order valence-corrected chi connectivity index (χ0v) is 12.6. The third-order valence-corrected chi connectivity index (χ3v) is 4.01. The van der Waals surface area contributed by atoms with Crippen LogP contribution >= 0.6 is 0 Å². The first-order chi connectivity index (χ1) is 9.81. The smallest absolute Gasteiger partial charge is 0.226 e. The van der Waals surface area contributed by atoms with Gasteiger partial charge in [-0.05, 0) is 11.6 Å². The zero-order valence-electron chi connectivity index (χ0n) is 12.6. The van der Waals surface area contributed by atoms with Crippen LogP contribution in [-0.4, -0.2) is 36.3 Å². The van der Waals surface area contributed by atoms with Crippen molar-refractivity contribution < 1.29 is 14.0 Å². The van der Waals surface area contributed by atoms with Crippen molar-refractivity contribution in [2.24, 2.45) is 5.92 Å². The molecule has 1 aromatic carbocycles. The van der Waals surface area contributed by atoms with E-state index in [-0.39, 0.29) is 23.5 Å². The van der Waals surface area contributed by atoms with E-state index in [9.17, 15) is 14.0 Å². The lowest BCUT2D eigenvalue weighted by molar-refractivity contribution is -0.141. The first-order valence-electron chi connectivity index (χ1n) is 7.09. The Morgan fingerprint density at radius 1 is 1.33 bits per heavy atom. The fourth-order valence-electron chi connectivity index (χ4n) is 2.46. The third kappa shape index (κ3) is 3.40. The van der Waals surface area contributed by atoms with Crippen LogP contribution in [-0.2, 0) is 15.0 Å². The summed E-state index contributed by atoms with van der Waals surface area (Å²) in [6.07, 6.45) is 0. The summed E-state index contributed by atoms with van der Waals surface area (Å²) in [5, 5.41) is 2.87. The number of nitrogens with one attached hydrogen (secondary N) is 1. The molecule has 0 atom stereocenters. The molecule has 0 bridgehead atoms. The number of amides is 2. The van der Waals surface area contributed by atoms with Gasteiger partial charge in [-0.25, -0.2) is 4.39 Å². The average Bonchev–Trinajstić information content (AvgIpc) is 2.34. The summed E-state index contributed by atoms with van der Waals surface area (Å²) in [7, 11) is 0. The van der Waals surface area contributed by atoms with Gasteiger partial charge in [0.15, 0.2) is 0 Å². The topological polar surface area (TPSA) is 49.4 Å². The lowest BCUT2D eigenvalue weighted by atomic mass is 9.84. The Labute approximate surface area is 124 Å². The molecule has 1 N–H and O–H groups in total. The van der Waals surface area contributed by atoms with Crippen LogP contribution in [0.4, 0.5) is 4.39 Å². The number of hydrogen-bond donors (Lipinski definition) is 1. The number of nitrogens with zero attached hydrogens (tertiary/aromatic N) is 1. The molecular formula is C16H21FN2O2. The quantitative estimate of drug-likeness (QED) is 0.918. The number of benzene rings is 1.